The molecule has 3 rings (SSSR count). The molecule has 1 saturated heterocycles. The van der Waals surface area contributed by atoms with Crippen LogP contribution in [0.1, 0.15) is 17.2 Å². The normalized spacial score (nSPS) is 17.1. The first-order valence-corrected chi connectivity index (χ1v) is 9.12. The van der Waals surface area contributed by atoms with Crippen LogP contribution >= 0.6 is 11.6 Å². The van der Waals surface area contributed by atoms with Gasteiger partial charge in [-0.05, 0) is 17.2 Å². The van der Waals surface area contributed by atoms with Gasteiger partial charge in [-0.3, -0.25) is 0 Å². The SMILES string of the molecule is O=C(NCCOCc1ccccc1Cl)N1CCOC(c2ccccc2)C1. The van der Waals surface area contributed by atoms with Crippen molar-refractivity contribution in [1.82, 2.24) is 10.2 Å². The lowest BCUT2D eigenvalue weighted by Crippen LogP contribution is -2.47. The second kappa shape index (κ2) is 9.57. The topological polar surface area (TPSA) is 50.8 Å². The van der Waals surface area contributed by atoms with E-state index in [1.54, 1.807) is 4.90 Å². The first kappa shape index (κ1) is 18.7. The molecular weight excluding hydrogens is 352 g/mol. The van der Waals surface area contributed by atoms with Gasteiger partial charge in [-0.25, -0.2) is 4.79 Å². The highest BCUT2D eigenvalue weighted by atomic mass is 35.5. The molecule has 2 aromatic carbocycles. The summed E-state index contributed by atoms with van der Waals surface area (Å²) in [6.07, 6.45) is -0.0767. The molecule has 1 N–H and O–H groups in total. The Morgan fingerprint density at radius 3 is 2.77 bits per heavy atom. The number of nitrogens with one attached hydrogen (secondary N) is 1. The minimum atomic E-state index is -0.0874. The van der Waals surface area contributed by atoms with E-state index in [1.807, 2.05) is 54.6 Å². The van der Waals surface area contributed by atoms with E-state index in [0.717, 1.165) is 11.1 Å². The van der Waals surface area contributed by atoms with E-state index in [4.69, 9.17) is 21.1 Å². The quantitative estimate of drug-likeness (QED) is 0.785. The Bertz CT molecular complexity index is 711. The monoisotopic (exact) mass is 374 g/mol. The third kappa shape index (κ3) is 5.21. The Morgan fingerprint density at radius 1 is 1.19 bits per heavy atom. The van der Waals surface area contributed by atoms with Crippen molar-refractivity contribution < 1.29 is 14.3 Å². The molecule has 0 saturated carbocycles. The highest BCUT2D eigenvalue weighted by molar-refractivity contribution is 6.31. The van der Waals surface area contributed by atoms with Crippen LogP contribution in [0.25, 0.3) is 0 Å². The van der Waals surface area contributed by atoms with Crippen LogP contribution in [0.4, 0.5) is 4.79 Å². The summed E-state index contributed by atoms with van der Waals surface area (Å²) in [7, 11) is 0. The lowest BCUT2D eigenvalue weighted by atomic mass is 10.1. The van der Waals surface area contributed by atoms with Gasteiger partial charge in [-0.1, -0.05) is 60.1 Å². The van der Waals surface area contributed by atoms with E-state index >= 15 is 0 Å². The maximum absolute atomic E-state index is 12.3. The highest BCUT2D eigenvalue weighted by Gasteiger charge is 2.24. The first-order chi connectivity index (χ1) is 12.7. The zero-order chi connectivity index (χ0) is 18.2. The van der Waals surface area contributed by atoms with E-state index in [2.05, 4.69) is 5.32 Å². The summed E-state index contributed by atoms with van der Waals surface area (Å²) in [5, 5.41) is 3.59. The van der Waals surface area contributed by atoms with Gasteiger partial charge in [0.2, 0.25) is 0 Å². The van der Waals surface area contributed by atoms with Crippen LogP contribution in [-0.2, 0) is 16.1 Å². The van der Waals surface area contributed by atoms with Crippen molar-refractivity contribution in [2.24, 2.45) is 0 Å². The van der Waals surface area contributed by atoms with Crippen LogP contribution in [0.2, 0.25) is 5.02 Å². The van der Waals surface area contributed by atoms with Crippen molar-refractivity contribution in [1.29, 1.82) is 0 Å². The molecule has 6 heteroatoms. The Hall–Kier alpha value is -2.08. The molecule has 0 aromatic heterocycles. The molecule has 5 nitrogen and oxygen atoms in total. The predicted octanol–water partition coefficient (Wildman–Crippen LogP) is 3.64. The zero-order valence-corrected chi connectivity index (χ0v) is 15.3. The minimum Gasteiger partial charge on any atom is -0.375 e. The second-order valence-corrected chi connectivity index (χ2v) is 6.50. The van der Waals surface area contributed by atoms with Crippen LogP contribution in [0, 0.1) is 0 Å². The molecule has 26 heavy (non-hydrogen) atoms. The Balaban J connectivity index is 1.38. The number of amides is 2. The van der Waals surface area contributed by atoms with Crippen molar-refractivity contribution in [3.63, 3.8) is 0 Å². The summed E-state index contributed by atoms with van der Waals surface area (Å²) in [6.45, 7) is 3.01. The molecule has 1 heterocycles. The van der Waals surface area contributed by atoms with Crippen molar-refractivity contribution in [3.05, 3.63) is 70.7 Å². The van der Waals surface area contributed by atoms with Crippen LogP contribution < -0.4 is 5.32 Å². The van der Waals surface area contributed by atoms with Crippen LogP contribution in [0.5, 0.6) is 0 Å². The van der Waals surface area contributed by atoms with Gasteiger partial charge in [0.15, 0.2) is 0 Å². The fourth-order valence-electron chi connectivity index (χ4n) is 2.84. The molecule has 1 fully saturated rings. The van der Waals surface area contributed by atoms with Gasteiger partial charge in [0.25, 0.3) is 0 Å². The summed E-state index contributed by atoms with van der Waals surface area (Å²) < 4.78 is 11.4. The third-order valence-electron chi connectivity index (χ3n) is 4.26. The van der Waals surface area contributed by atoms with Crippen LogP contribution in [-0.4, -0.2) is 43.8 Å². The van der Waals surface area contributed by atoms with Gasteiger partial charge in [0.1, 0.15) is 6.10 Å². The molecule has 1 atom stereocenters. The fraction of sp³-hybridized carbons (Fsp3) is 0.350. The molecule has 0 radical (unpaired) electrons. The number of morpholine rings is 1. The second-order valence-electron chi connectivity index (χ2n) is 6.09. The molecule has 1 aliphatic rings. The Morgan fingerprint density at radius 2 is 1.96 bits per heavy atom. The van der Waals surface area contributed by atoms with Crippen molar-refractivity contribution in [3.8, 4) is 0 Å². The fourth-order valence-corrected chi connectivity index (χ4v) is 3.03. The number of hydrogen-bond acceptors (Lipinski definition) is 3. The van der Waals surface area contributed by atoms with E-state index in [0.29, 0.717) is 44.5 Å². The number of urea groups is 1. The van der Waals surface area contributed by atoms with Gasteiger partial charge in [-0.2, -0.15) is 0 Å². The minimum absolute atomic E-state index is 0.0767. The molecule has 2 amide bonds. The molecule has 0 bridgehead atoms. The predicted molar refractivity (Wildman–Crippen MR) is 101 cm³/mol. The van der Waals surface area contributed by atoms with Crippen molar-refractivity contribution in [2.45, 2.75) is 12.7 Å². The molecule has 1 aliphatic heterocycles. The summed E-state index contributed by atoms with van der Waals surface area (Å²) >= 11 is 6.08. The Kier molecular flexibility index (Phi) is 6.89. The van der Waals surface area contributed by atoms with Crippen molar-refractivity contribution in [2.75, 3.05) is 32.8 Å². The van der Waals surface area contributed by atoms with E-state index in [-0.39, 0.29) is 12.1 Å². The Labute approximate surface area is 158 Å². The van der Waals surface area contributed by atoms with Gasteiger partial charge in [0, 0.05) is 18.1 Å². The van der Waals surface area contributed by atoms with Crippen LogP contribution in [0.15, 0.2) is 54.6 Å². The van der Waals surface area contributed by atoms with Gasteiger partial charge < -0.3 is 19.7 Å². The highest BCUT2D eigenvalue weighted by Crippen LogP contribution is 2.21. The number of carbonyl (C=O) groups excluding carboxylic acids is 1. The van der Waals surface area contributed by atoms with E-state index in [1.165, 1.54) is 0 Å². The number of ether oxygens (including phenoxy) is 2. The van der Waals surface area contributed by atoms with Gasteiger partial charge in [-0.15, -0.1) is 0 Å². The number of carbonyl (C=O) groups is 1. The number of benzene rings is 2. The summed E-state index contributed by atoms with van der Waals surface area (Å²) in [6, 6.07) is 17.5. The van der Waals surface area contributed by atoms with Gasteiger partial charge in [0.05, 0.1) is 26.4 Å². The molecule has 1 unspecified atom stereocenters. The molecular formula is C20H23ClN2O3. The lowest BCUT2D eigenvalue weighted by molar-refractivity contribution is -0.0156. The average molecular weight is 375 g/mol. The standard InChI is InChI=1S/C20H23ClN2O3/c21-18-9-5-4-8-17(18)15-25-12-10-22-20(24)23-11-13-26-19(14-23)16-6-2-1-3-7-16/h1-9,19H,10-15H2,(H,22,24). The number of rotatable bonds is 6. The van der Waals surface area contributed by atoms with Gasteiger partial charge >= 0.3 is 6.03 Å². The maximum Gasteiger partial charge on any atom is 0.317 e. The lowest BCUT2D eigenvalue weighted by Gasteiger charge is -2.33. The first-order valence-electron chi connectivity index (χ1n) is 8.74. The molecule has 2 aromatic rings. The third-order valence-corrected chi connectivity index (χ3v) is 4.63. The smallest absolute Gasteiger partial charge is 0.317 e. The number of nitrogens with zero attached hydrogens (tertiary/aromatic N) is 1. The van der Waals surface area contributed by atoms with E-state index < -0.39 is 0 Å². The van der Waals surface area contributed by atoms with E-state index in [9.17, 15) is 4.79 Å². The number of halogens is 1. The zero-order valence-electron chi connectivity index (χ0n) is 14.6. The summed E-state index contributed by atoms with van der Waals surface area (Å²) in [4.78, 5) is 14.1. The number of hydrogen-bond donors (Lipinski definition) is 1. The summed E-state index contributed by atoms with van der Waals surface area (Å²) in [5.41, 5.74) is 2.03. The van der Waals surface area contributed by atoms with Crippen molar-refractivity contribution >= 4 is 17.6 Å². The summed E-state index contributed by atoms with van der Waals surface area (Å²) in [5.74, 6) is 0. The van der Waals surface area contributed by atoms with Crippen LogP contribution in [0.3, 0.4) is 0 Å². The molecule has 0 spiro atoms. The molecule has 0 aliphatic carbocycles. The molecule has 138 valence electrons. The maximum atomic E-state index is 12.3. The average Bonchev–Trinajstić information content (AvgIpc) is 2.69. The largest absolute Gasteiger partial charge is 0.375 e.